The number of alkyl halides is 6. The highest BCUT2D eigenvalue weighted by Crippen LogP contribution is 2.60. The van der Waals surface area contributed by atoms with E-state index in [2.05, 4.69) is 14.5 Å². The summed E-state index contributed by atoms with van der Waals surface area (Å²) < 4.78 is 94.5. The first-order valence-electron chi connectivity index (χ1n) is 9.15. The van der Waals surface area contributed by atoms with E-state index in [4.69, 9.17) is 0 Å². The molecule has 0 amide bonds. The second-order valence-electron chi connectivity index (χ2n) is 8.47. The number of nitrogens with zero attached hydrogens (tertiary/aromatic N) is 2. The highest BCUT2D eigenvalue weighted by atomic mass is 19.4. The number of esters is 2. The van der Waals surface area contributed by atoms with Crippen molar-refractivity contribution >= 4 is 17.8 Å². The molecule has 172 valence electrons. The molecule has 31 heavy (non-hydrogen) atoms. The van der Waals surface area contributed by atoms with Gasteiger partial charge in [-0.1, -0.05) is 32.9 Å². The van der Waals surface area contributed by atoms with E-state index in [9.17, 15) is 35.9 Å². The molecule has 3 aliphatic heterocycles. The summed E-state index contributed by atoms with van der Waals surface area (Å²) in [4.78, 5) is 29.0. The molecule has 3 unspecified atom stereocenters. The number of rotatable bonds is 2. The Bertz CT molecular complexity index is 896. The van der Waals surface area contributed by atoms with Crippen LogP contribution in [-0.2, 0) is 19.1 Å². The van der Waals surface area contributed by atoms with E-state index >= 15 is 0 Å². The molecule has 4 aliphatic rings. The summed E-state index contributed by atoms with van der Waals surface area (Å²) in [6.45, 7) is 4.25. The summed E-state index contributed by atoms with van der Waals surface area (Å²) in [5.74, 6) is -4.50. The maximum absolute atomic E-state index is 14.2. The van der Waals surface area contributed by atoms with Gasteiger partial charge in [-0.3, -0.25) is 0 Å². The summed E-state index contributed by atoms with van der Waals surface area (Å²) in [5.41, 5.74) is -6.70. The topological polar surface area (TPSA) is 68.2 Å². The van der Waals surface area contributed by atoms with Crippen molar-refractivity contribution in [3.05, 3.63) is 23.3 Å². The van der Waals surface area contributed by atoms with Crippen LogP contribution in [-0.4, -0.2) is 66.9 Å². The maximum Gasteiger partial charge on any atom is 0.424 e. The van der Waals surface area contributed by atoms with Crippen molar-refractivity contribution in [3.8, 4) is 0 Å². The summed E-state index contributed by atoms with van der Waals surface area (Å²) >= 11 is 0. The number of halogens is 6. The quantitative estimate of drug-likeness (QED) is 0.364. The van der Waals surface area contributed by atoms with Gasteiger partial charge < -0.3 is 14.4 Å². The van der Waals surface area contributed by atoms with Gasteiger partial charge >= 0.3 is 24.3 Å². The molecular formula is C19H20F6N2O4. The van der Waals surface area contributed by atoms with Crippen LogP contribution in [0.2, 0.25) is 0 Å². The van der Waals surface area contributed by atoms with Crippen molar-refractivity contribution < 1.29 is 45.4 Å². The van der Waals surface area contributed by atoms with Gasteiger partial charge in [0.25, 0.3) is 5.54 Å². The lowest BCUT2D eigenvalue weighted by molar-refractivity contribution is -0.306. The molecule has 0 saturated heterocycles. The Morgan fingerprint density at radius 1 is 0.935 bits per heavy atom. The van der Waals surface area contributed by atoms with Crippen molar-refractivity contribution in [1.82, 2.24) is 4.90 Å². The number of hydrogen-bond donors (Lipinski definition) is 0. The fourth-order valence-electron chi connectivity index (χ4n) is 4.49. The zero-order chi connectivity index (χ0) is 23.7. The first-order valence-corrected chi connectivity index (χ1v) is 9.15. The molecule has 0 spiro atoms. The first kappa shape index (κ1) is 23.1. The van der Waals surface area contributed by atoms with Crippen molar-refractivity contribution in [2.45, 2.75) is 50.7 Å². The third-order valence-electron chi connectivity index (χ3n) is 5.66. The van der Waals surface area contributed by atoms with Gasteiger partial charge in [-0.2, -0.15) is 26.3 Å². The van der Waals surface area contributed by atoms with Gasteiger partial charge in [0.05, 0.1) is 37.4 Å². The van der Waals surface area contributed by atoms with E-state index in [-0.39, 0.29) is 5.57 Å². The number of carbonyl (C=O) groups excluding carboxylic acids is 2. The average molecular weight is 454 g/mol. The molecule has 4 rings (SSSR count). The monoisotopic (exact) mass is 454 g/mol. The number of amidine groups is 1. The Labute approximate surface area is 173 Å². The van der Waals surface area contributed by atoms with Crippen LogP contribution in [0, 0.1) is 11.3 Å². The van der Waals surface area contributed by atoms with Crippen molar-refractivity contribution in [1.29, 1.82) is 0 Å². The zero-order valence-corrected chi connectivity index (χ0v) is 17.2. The molecule has 3 atom stereocenters. The Morgan fingerprint density at radius 2 is 1.42 bits per heavy atom. The van der Waals surface area contributed by atoms with Crippen LogP contribution in [0.25, 0.3) is 0 Å². The smallest absolute Gasteiger partial charge is 0.424 e. The third-order valence-corrected chi connectivity index (χ3v) is 5.66. The normalized spacial score (nSPS) is 27.3. The van der Waals surface area contributed by atoms with E-state index in [1.807, 2.05) is 0 Å². The van der Waals surface area contributed by atoms with E-state index < -0.39 is 64.7 Å². The van der Waals surface area contributed by atoms with Crippen LogP contribution >= 0.6 is 0 Å². The molecule has 0 fully saturated rings. The predicted octanol–water partition coefficient (Wildman–Crippen LogP) is 3.19. The first-order chi connectivity index (χ1) is 14.0. The zero-order valence-electron chi connectivity index (χ0n) is 17.2. The molecule has 12 heteroatoms. The number of aliphatic imine (C=N–C) groups is 1. The molecule has 2 bridgehead atoms. The van der Waals surface area contributed by atoms with Crippen LogP contribution in [0.5, 0.6) is 0 Å². The van der Waals surface area contributed by atoms with Crippen LogP contribution in [0.3, 0.4) is 0 Å². The van der Waals surface area contributed by atoms with E-state index in [0.29, 0.717) is 0 Å². The van der Waals surface area contributed by atoms with Gasteiger partial charge in [0.2, 0.25) is 0 Å². The molecule has 0 aromatic carbocycles. The molecule has 0 N–H and O–H groups in total. The number of methoxy groups -OCH3 is 2. The Hall–Kier alpha value is -2.53. The number of hydrogen-bond acceptors (Lipinski definition) is 6. The lowest BCUT2D eigenvalue weighted by atomic mass is 9.68. The van der Waals surface area contributed by atoms with Gasteiger partial charge in [0.15, 0.2) is 0 Å². The van der Waals surface area contributed by atoms with E-state index in [1.165, 1.54) is 26.8 Å². The summed E-state index contributed by atoms with van der Waals surface area (Å²) in [5, 5.41) is 0. The Kier molecular flexibility index (Phi) is 5.03. The van der Waals surface area contributed by atoms with Gasteiger partial charge in [-0.05, 0) is 0 Å². The molecule has 3 heterocycles. The molecule has 0 saturated carbocycles. The minimum absolute atomic E-state index is 0.366. The fourth-order valence-corrected chi connectivity index (χ4v) is 4.49. The lowest BCUT2D eigenvalue weighted by Gasteiger charge is -2.52. The minimum Gasteiger partial charge on any atom is -0.466 e. The maximum atomic E-state index is 14.2. The van der Waals surface area contributed by atoms with Crippen LogP contribution in [0.4, 0.5) is 26.3 Å². The second-order valence-corrected chi connectivity index (χ2v) is 8.47. The Balaban J connectivity index is 2.41. The molecule has 0 aromatic heterocycles. The number of carbonyl (C=O) groups is 2. The minimum atomic E-state index is -5.83. The second kappa shape index (κ2) is 6.73. The van der Waals surface area contributed by atoms with Crippen LogP contribution in [0.15, 0.2) is 28.3 Å². The SMILES string of the molecule is COC(=O)C1=C(C(=O)OC)C2C=CC1C1N2C(C(C)(C)C)=NC1(C(F)(F)F)C(F)(F)F. The molecular weight excluding hydrogens is 434 g/mol. The third kappa shape index (κ3) is 2.97. The summed E-state index contributed by atoms with van der Waals surface area (Å²) in [6.07, 6.45) is -9.32. The lowest BCUT2D eigenvalue weighted by Crippen LogP contribution is -2.70. The Morgan fingerprint density at radius 3 is 1.84 bits per heavy atom. The van der Waals surface area contributed by atoms with Gasteiger partial charge in [0, 0.05) is 11.3 Å². The van der Waals surface area contributed by atoms with Gasteiger partial charge in [-0.15, -0.1) is 0 Å². The standard InChI is InChI=1S/C19H20F6N2O4/c1-16(2,3)15-26-17(18(20,21)22,19(23,24)25)12-8-6-7-9(27(12)15)11(14(29)31-5)10(8)13(28)30-4/h6-9,12H,1-5H3. The van der Waals surface area contributed by atoms with Gasteiger partial charge in [-0.25, -0.2) is 14.6 Å². The molecule has 0 radical (unpaired) electrons. The van der Waals surface area contributed by atoms with Crippen molar-refractivity contribution in [2.24, 2.45) is 16.3 Å². The fraction of sp³-hybridized carbons (Fsp3) is 0.632. The van der Waals surface area contributed by atoms with Crippen LogP contribution < -0.4 is 0 Å². The largest absolute Gasteiger partial charge is 0.466 e. The highest BCUT2D eigenvalue weighted by molar-refractivity contribution is 6.05. The van der Waals surface area contributed by atoms with Crippen molar-refractivity contribution in [3.63, 3.8) is 0 Å². The van der Waals surface area contributed by atoms with Crippen molar-refractivity contribution in [2.75, 3.05) is 14.2 Å². The van der Waals surface area contributed by atoms with Gasteiger partial charge in [0.1, 0.15) is 5.84 Å². The van der Waals surface area contributed by atoms with E-state index in [1.54, 1.807) is 0 Å². The summed E-state index contributed by atoms with van der Waals surface area (Å²) in [6, 6.07) is -3.78. The number of ether oxygens (including phenoxy) is 2. The molecule has 1 aliphatic carbocycles. The summed E-state index contributed by atoms with van der Waals surface area (Å²) in [7, 11) is 1.91. The average Bonchev–Trinajstić information content (AvgIpc) is 3.06. The molecule has 6 nitrogen and oxygen atoms in total. The van der Waals surface area contributed by atoms with E-state index in [0.717, 1.165) is 25.2 Å². The molecule has 0 aromatic rings. The van der Waals surface area contributed by atoms with Crippen LogP contribution in [0.1, 0.15) is 20.8 Å². The predicted molar refractivity (Wildman–Crippen MR) is 94.8 cm³/mol. The highest BCUT2D eigenvalue weighted by Gasteiger charge is 2.81.